The highest BCUT2D eigenvalue weighted by molar-refractivity contribution is 5.89. The van der Waals surface area contributed by atoms with Gasteiger partial charge in [0.2, 0.25) is 17.5 Å². The minimum Gasteiger partial charge on any atom is -0.508 e. The Kier molecular flexibility index (Phi) is 11.4. The molecule has 1 aliphatic heterocycles. The molecule has 0 aliphatic carbocycles. The molecule has 0 bridgehead atoms. The monoisotopic (exact) mass is 770 g/mol. The zero-order valence-electron chi connectivity index (χ0n) is 29.2. The van der Waals surface area contributed by atoms with Crippen LogP contribution in [0.1, 0.15) is 11.1 Å². The third kappa shape index (κ3) is 8.68. The van der Waals surface area contributed by atoms with Crippen molar-refractivity contribution in [2.45, 2.75) is 30.7 Å². The lowest BCUT2D eigenvalue weighted by Gasteiger charge is -2.41. The Hall–Kier alpha value is -7.01. The fourth-order valence-corrected chi connectivity index (χ4v) is 5.66. The van der Waals surface area contributed by atoms with E-state index in [1.165, 1.54) is 73.9 Å². The van der Waals surface area contributed by atoms with Crippen molar-refractivity contribution < 1.29 is 73.4 Å². The Labute approximate surface area is 316 Å². The number of carbonyl (C=O) groups is 2. The van der Waals surface area contributed by atoms with Crippen LogP contribution in [0.15, 0.2) is 100 Å². The van der Waals surface area contributed by atoms with Crippen molar-refractivity contribution in [3.63, 3.8) is 0 Å². The van der Waals surface area contributed by atoms with Crippen molar-refractivity contribution in [2.24, 2.45) is 0 Å². The molecule has 0 amide bonds. The van der Waals surface area contributed by atoms with Gasteiger partial charge in [-0.3, -0.25) is 4.79 Å². The number of fused-ring (bicyclic) bond motifs is 1. The first-order chi connectivity index (χ1) is 26.8. The molecule has 7 N–H and O–H groups in total. The van der Waals surface area contributed by atoms with Crippen LogP contribution in [-0.4, -0.2) is 92.1 Å². The van der Waals surface area contributed by atoms with Crippen LogP contribution in [0.3, 0.4) is 0 Å². The number of phenols is 5. The normalized spacial score (nSPS) is 19.6. The van der Waals surface area contributed by atoms with Gasteiger partial charge >= 0.3 is 11.9 Å². The molecule has 5 atom stereocenters. The summed E-state index contributed by atoms with van der Waals surface area (Å²) < 4.78 is 33.7. The van der Waals surface area contributed by atoms with Gasteiger partial charge in [-0.05, 0) is 65.7 Å². The van der Waals surface area contributed by atoms with Crippen molar-refractivity contribution in [3.8, 4) is 51.6 Å². The van der Waals surface area contributed by atoms with Crippen LogP contribution >= 0.6 is 0 Å². The number of aromatic hydroxyl groups is 5. The van der Waals surface area contributed by atoms with E-state index in [2.05, 4.69) is 0 Å². The van der Waals surface area contributed by atoms with E-state index in [1.807, 2.05) is 0 Å². The SMILES string of the molecule is COc1cc(-c2oc3cc(O)cc(O)c3c(=O)c2OC2OC(COC(=O)C=Cc3ccc(O)cc3)C(O)C(OC(=O)C=Cc3ccc(O)cc3)C2O)ccc1O. The Morgan fingerprint density at radius 1 is 0.750 bits per heavy atom. The standard InChI is InChI=1S/C40H34O16/c1-51-28-16-22(8-13-26(28)44)37-39(35(49)33-27(45)17-25(43)18-29(33)53-37)56-40-36(50)38(55-32(47)15-7-21-4-11-24(42)12-5-21)34(48)30(54-40)19-52-31(46)14-6-20-2-9-23(41)10-3-20/h2-18,30,34,36,38,40-45,48,50H,19H2,1H3. The van der Waals surface area contributed by atoms with Crippen molar-refractivity contribution in [1.82, 2.24) is 0 Å². The number of benzene rings is 4. The van der Waals surface area contributed by atoms with Crippen molar-refractivity contribution in [3.05, 3.63) is 112 Å². The van der Waals surface area contributed by atoms with Gasteiger partial charge in [0.25, 0.3) is 0 Å². The van der Waals surface area contributed by atoms with E-state index in [0.717, 1.165) is 24.3 Å². The molecule has 6 rings (SSSR count). The predicted octanol–water partition coefficient (Wildman–Crippen LogP) is 3.70. The Bertz CT molecular complexity index is 2350. The summed E-state index contributed by atoms with van der Waals surface area (Å²) in [4.78, 5) is 39.7. The van der Waals surface area contributed by atoms with E-state index >= 15 is 0 Å². The van der Waals surface area contributed by atoms with Gasteiger partial charge in [-0.15, -0.1) is 0 Å². The Morgan fingerprint density at radius 2 is 1.38 bits per heavy atom. The summed E-state index contributed by atoms with van der Waals surface area (Å²) >= 11 is 0. The average molecular weight is 771 g/mol. The lowest BCUT2D eigenvalue weighted by Crippen LogP contribution is -2.61. The molecule has 1 fully saturated rings. The molecule has 5 aromatic rings. The summed E-state index contributed by atoms with van der Waals surface area (Å²) in [6.45, 7) is -0.682. The molecule has 1 aliphatic rings. The van der Waals surface area contributed by atoms with E-state index in [1.54, 1.807) is 12.1 Å². The lowest BCUT2D eigenvalue weighted by atomic mass is 9.98. The molecule has 290 valence electrons. The fraction of sp³-hybridized carbons (Fsp3) is 0.175. The smallest absolute Gasteiger partial charge is 0.331 e. The summed E-state index contributed by atoms with van der Waals surface area (Å²) in [6.07, 6.45) is -4.39. The molecule has 2 heterocycles. The number of phenolic OH excluding ortho intramolecular Hbond substituents is 5. The number of hydrogen-bond acceptors (Lipinski definition) is 16. The molecule has 5 unspecified atom stereocenters. The molecule has 16 heteroatoms. The number of esters is 2. The molecule has 4 aromatic carbocycles. The molecular weight excluding hydrogens is 736 g/mol. The largest absolute Gasteiger partial charge is 0.508 e. The van der Waals surface area contributed by atoms with Crippen LogP contribution in [0.4, 0.5) is 0 Å². The molecule has 0 radical (unpaired) electrons. The number of aliphatic hydroxyl groups is 2. The third-order valence-electron chi connectivity index (χ3n) is 8.49. The summed E-state index contributed by atoms with van der Waals surface area (Å²) in [7, 11) is 1.28. The minimum atomic E-state index is -2.02. The quantitative estimate of drug-likeness (QED) is 0.0747. The van der Waals surface area contributed by atoms with Gasteiger partial charge in [-0.25, -0.2) is 9.59 Å². The zero-order valence-corrected chi connectivity index (χ0v) is 29.2. The molecule has 56 heavy (non-hydrogen) atoms. The first-order valence-electron chi connectivity index (χ1n) is 16.7. The van der Waals surface area contributed by atoms with Gasteiger partial charge in [-0.2, -0.15) is 0 Å². The van der Waals surface area contributed by atoms with Crippen LogP contribution < -0.4 is 14.9 Å². The van der Waals surface area contributed by atoms with Crippen LogP contribution in [0.5, 0.6) is 40.2 Å². The first-order valence-corrected chi connectivity index (χ1v) is 16.7. The number of methoxy groups -OCH3 is 1. The van der Waals surface area contributed by atoms with Gasteiger partial charge in [0, 0.05) is 29.8 Å². The van der Waals surface area contributed by atoms with Crippen LogP contribution in [-0.2, 0) is 23.8 Å². The van der Waals surface area contributed by atoms with E-state index in [-0.39, 0.29) is 39.9 Å². The fourth-order valence-electron chi connectivity index (χ4n) is 5.66. The highest BCUT2D eigenvalue weighted by atomic mass is 16.7. The summed E-state index contributed by atoms with van der Waals surface area (Å²) in [5.41, 5.74) is -0.164. The van der Waals surface area contributed by atoms with E-state index in [0.29, 0.717) is 11.1 Å². The van der Waals surface area contributed by atoms with Crippen molar-refractivity contribution >= 4 is 35.1 Å². The highest BCUT2D eigenvalue weighted by Gasteiger charge is 2.49. The lowest BCUT2D eigenvalue weighted by molar-refractivity contribution is -0.281. The maximum atomic E-state index is 14.0. The van der Waals surface area contributed by atoms with Gasteiger partial charge in [0.05, 0.1) is 7.11 Å². The second-order valence-electron chi connectivity index (χ2n) is 12.3. The Balaban J connectivity index is 1.34. The van der Waals surface area contributed by atoms with Crippen molar-refractivity contribution in [2.75, 3.05) is 13.7 Å². The molecule has 1 aromatic heterocycles. The molecule has 0 saturated carbocycles. The topological polar surface area (TPSA) is 252 Å². The van der Waals surface area contributed by atoms with Gasteiger partial charge in [0.1, 0.15) is 52.8 Å². The Morgan fingerprint density at radius 3 is 2.00 bits per heavy atom. The van der Waals surface area contributed by atoms with Crippen LogP contribution in [0.2, 0.25) is 0 Å². The minimum absolute atomic E-state index is 0.00618. The molecular formula is C40H34O16. The number of aliphatic hydroxyl groups excluding tert-OH is 2. The van der Waals surface area contributed by atoms with Crippen molar-refractivity contribution in [1.29, 1.82) is 0 Å². The maximum Gasteiger partial charge on any atom is 0.331 e. The second-order valence-corrected chi connectivity index (χ2v) is 12.3. The van der Waals surface area contributed by atoms with Crippen LogP contribution in [0.25, 0.3) is 34.4 Å². The average Bonchev–Trinajstić information content (AvgIpc) is 3.17. The number of hydrogen-bond donors (Lipinski definition) is 7. The molecule has 0 spiro atoms. The molecule has 1 saturated heterocycles. The highest BCUT2D eigenvalue weighted by Crippen LogP contribution is 2.40. The van der Waals surface area contributed by atoms with Gasteiger partial charge in [0.15, 0.2) is 29.5 Å². The van der Waals surface area contributed by atoms with E-state index < -0.39 is 77.3 Å². The van der Waals surface area contributed by atoms with Gasteiger partial charge < -0.3 is 63.8 Å². The summed E-state index contributed by atoms with van der Waals surface area (Å²) in [5, 5.41) is 72.3. The second kappa shape index (κ2) is 16.6. The molecule has 16 nitrogen and oxygen atoms in total. The number of carbonyl (C=O) groups excluding carboxylic acids is 2. The number of rotatable bonds is 11. The third-order valence-corrected chi connectivity index (χ3v) is 8.49. The van der Waals surface area contributed by atoms with E-state index in [4.69, 9.17) is 28.1 Å². The first kappa shape index (κ1) is 38.7. The van der Waals surface area contributed by atoms with E-state index in [9.17, 15) is 50.1 Å². The van der Waals surface area contributed by atoms with Crippen LogP contribution in [0, 0.1) is 0 Å². The zero-order chi connectivity index (χ0) is 40.1. The predicted molar refractivity (Wildman–Crippen MR) is 196 cm³/mol. The van der Waals surface area contributed by atoms with Gasteiger partial charge in [-0.1, -0.05) is 24.3 Å². The number of ether oxygens (including phenoxy) is 5. The summed E-state index contributed by atoms with van der Waals surface area (Å²) in [6, 6.07) is 17.5. The summed E-state index contributed by atoms with van der Waals surface area (Å²) in [5.74, 6) is -4.37. The maximum absolute atomic E-state index is 14.0.